The number of amidine groups is 1. The summed E-state index contributed by atoms with van der Waals surface area (Å²) < 4.78 is 0. The molecule has 1 saturated carbocycles. The first kappa shape index (κ1) is 12.8. The summed E-state index contributed by atoms with van der Waals surface area (Å²) >= 11 is 0. The fourth-order valence-corrected chi connectivity index (χ4v) is 2.02. The summed E-state index contributed by atoms with van der Waals surface area (Å²) in [4.78, 5) is 0. The number of nitrogens with zero attached hydrogens (tertiary/aromatic N) is 2. The fraction of sp³-hybridized carbons (Fsp3) is 0.429. The Morgan fingerprint density at radius 1 is 1.22 bits per heavy atom. The molecule has 0 bridgehead atoms. The van der Waals surface area contributed by atoms with Crippen molar-refractivity contribution in [1.82, 2.24) is 0 Å². The minimum atomic E-state index is -1.27. The molecule has 1 atom stereocenters. The maximum Gasteiger partial charge on any atom is 0.158 e. The maximum absolute atomic E-state index is 10.4. The van der Waals surface area contributed by atoms with Crippen molar-refractivity contribution in [2.24, 2.45) is 15.9 Å². The predicted molar refractivity (Wildman–Crippen MR) is 73.5 cm³/mol. The van der Waals surface area contributed by atoms with Crippen LogP contribution in [0.3, 0.4) is 0 Å². The lowest BCUT2D eigenvalue weighted by molar-refractivity contribution is 0.131. The van der Waals surface area contributed by atoms with Crippen LogP contribution >= 0.6 is 0 Å². The van der Waals surface area contributed by atoms with Gasteiger partial charge in [-0.1, -0.05) is 30.3 Å². The van der Waals surface area contributed by atoms with Gasteiger partial charge in [0.15, 0.2) is 5.84 Å². The third kappa shape index (κ3) is 2.76. The van der Waals surface area contributed by atoms with Gasteiger partial charge in [0.25, 0.3) is 0 Å². The van der Waals surface area contributed by atoms with Gasteiger partial charge in [0.2, 0.25) is 0 Å². The molecule has 0 saturated heterocycles. The molecule has 18 heavy (non-hydrogen) atoms. The summed E-state index contributed by atoms with van der Waals surface area (Å²) in [5.41, 5.74) is 6.37. The Morgan fingerprint density at radius 3 is 2.44 bits per heavy atom. The molecule has 1 aliphatic carbocycles. The highest BCUT2D eigenvalue weighted by Gasteiger charge is 2.28. The average Bonchev–Trinajstić information content (AvgIpc) is 2.90. The van der Waals surface area contributed by atoms with Crippen molar-refractivity contribution in [3.8, 4) is 0 Å². The Balaban J connectivity index is 2.19. The van der Waals surface area contributed by atoms with E-state index < -0.39 is 5.60 Å². The minimum Gasteiger partial charge on any atom is -0.383 e. The average molecular weight is 245 g/mol. The monoisotopic (exact) mass is 245 g/mol. The van der Waals surface area contributed by atoms with Crippen molar-refractivity contribution < 1.29 is 5.11 Å². The van der Waals surface area contributed by atoms with E-state index in [4.69, 9.17) is 5.73 Å². The van der Waals surface area contributed by atoms with Crippen molar-refractivity contribution in [1.29, 1.82) is 0 Å². The van der Waals surface area contributed by atoms with Gasteiger partial charge in [0.1, 0.15) is 5.60 Å². The van der Waals surface area contributed by atoms with E-state index in [1.165, 1.54) is 12.8 Å². The number of hydrogen-bond acceptors (Lipinski definition) is 3. The zero-order valence-corrected chi connectivity index (χ0v) is 10.6. The molecule has 0 amide bonds. The molecule has 3 N–H and O–H groups in total. The lowest BCUT2D eigenvalue weighted by Gasteiger charge is -2.22. The first-order valence-electron chi connectivity index (χ1n) is 6.28. The van der Waals surface area contributed by atoms with Crippen molar-refractivity contribution in [2.45, 2.75) is 38.2 Å². The molecule has 1 aromatic rings. The maximum atomic E-state index is 10.4. The molecule has 1 fully saturated rings. The number of benzene rings is 1. The second-order valence-electron chi connectivity index (χ2n) is 4.80. The number of aliphatic hydroxyl groups is 1. The summed E-state index contributed by atoms with van der Waals surface area (Å²) in [5, 5.41) is 18.5. The molecule has 1 aromatic carbocycles. The molecule has 0 spiro atoms. The molecule has 4 heteroatoms. The van der Waals surface area contributed by atoms with Crippen molar-refractivity contribution in [3.05, 3.63) is 35.9 Å². The van der Waals surface area contributed by atoms with Gasteiger partial charge in [0.05, 0.1) is 0 Å². The Bertz CT molecular complexity index is 455. The fourth-order valence-electron chi connectivity index (χ4n) is 2.02. The van der Waals surface area contributed by atoms with Crippen molar-refractivity contribution in [2.75, 3.05) is 0 Å². The highest BCUT2D eigenvalue weighted by Crippen LogP contribution is 2.21. The van der Waals surface area contributed by atoms with E-state index in [0.717, 1.165) is 24.1 Å². The number of rotatable bonds is 3. The van der Waals surface area contributed by atoms with E-state index in [9.17, 15) is 5.11 Å². The van der Waals surface area contributed by atoms with E-state index >= 15 is 0 Å². The summed E-state index contributed by atoms with van der Waals surface area (Å²) in [7, 11) is 0. The zero-order chi connectivity index (χ0) is 13.0. The molecule has 0 aromatic heterocycles. The summed E-state index contributed by atoms with van der Waals surface area (Å²) in [6, 6.07) is 9.27. The SMILES string of the molecule is CC(O)(/C(N)=N/N=C1CCCC1)c1ccccc1. The van der Waals surface area contributed by atoms with Crippen LogP contribution < -0.4 is 5.73 Å². The molecule has 4 nitrogen and oxygen atoms in total. The van der Waals surface area contributed by atoms with Gasteiger partial charge in [-0.15, -0.1) is 5.10 Å². The highest BCUT2D eigenvalue weighted by molar-refractivity contribution is 5.91. The van der Waals surface area contributed by atoms with Gasteiger partial charge in [-0.2, -0.15) is 5.10 Å². The molecule has 0 heterocycles. The third-order valence-electron chi connectivity index (χ3n) is 3.31. The smallest absolute Gasteiger partial charge is 0.158 e. The molecule has 0 aliphatic heterocycles. The first-order valence-corrected chi connectivity index (χ1v) is 6.28. The molecule has 1 unspecified atom stereocenters. The van der Waals surface area contributed by atoms with Gasteiger partial charge >= 0.3 is 0 Å². The standard InChI is InChI=1S/C14H19N3O/c1-14(18,11-7-3-2-4-8-11)13(15)17-16-12-9-5-6-10-12/h2-4,7-8,18H,5-6,9-10H2,1H3,(H2,15,17). The molecule has 96 valence electrons. The van der Waals surface area contributed by atoms with Crippen LogP contribution in [0.15, 0.2) is 40.5 Å². The van der Waals surface area contributed by atoms with Crippen LogP contribution in [0.4, 0.5) is 0 Å². The van der Waals surface area contributed by atoms with Gasteiger partial charge in [0, 0.05) is 5.71 Å². The van der Waals surface area contributed by atoms with Gasteiger partial charge < -0.3 is 10.8 Å². The van der Waals surface area contributed by atoms with Crippen LogP contribution in [0.25, 0.3) is 0 Å². The largest absolute Gasteiger partial charge is 0.383 e. The predicted octanol–water partition coefficient (Wildman–Crippen LogP) is 2.18. The van der Waals surface area contributed by atoms with Gasteiger partial charge in [-0.3, -0.25) is 0 Å². The van der Waals surface area contributed by atoms with E-state index in [1.807, 2.05) is 30.3 Å². The normalized spacial score (nSPS) is 19.7. The highest BCUT2D eigenvalue weighted by atomic mass is 16.3. The van der Waals surface area contributed by atoms with Crippen LogP contribution in [0.1, 0.15) is 38.2 Å². The van der Waals surface area contributed by atoms with E-state index in [0.29, 0.717) is 0 Å². The lowest BCUT2D eigenvalue weighted by atomic mass is 9.95. The zero-order valence-electron chi connectivity index (χ0n) is 10.6. The Kier molecular flexibility index (Phi) is 3.77. The van der Waals surface area contributed by atoms with Crippen molar-refractivity contribution >= 4 is 11.5 Å². The summed E-state index contributed by atoms with van der Waals surface area (Å²) in [5.74, 6) is 0.132. The van der Waals surface area contributed by atoms with E-state index in [2.05, 4.69) is 10.2 Å². The second-order valence-corrected chi connectivity index (χ2v) is 4.80. The molecular weight excluding hydrogens is 226 g/mol. The molecule has 1 aliphatic rings. The minimum absolute atomic E-state index is 0.132. The van der Waals surface area contributed by atoms with Crippen LogP contribution in [-0.2, 0) is 5.60 Å². The molecule has 2 rings (SSSR count). The van der Waals surface area contributed by atoms with Crippen LogP contribution in [0.5, 0.6) is 0 Å². The van der Waals surface area contributed by atoms with Crippen LogP contribution in [0, 0.1) is 0 Å². The first-order chi connectivity index (χ1) is 8.60. The second kappa shape index (κ2) is 5.31. The number of hydrogen-bond donors (Lipinski definition) is 2. The van der Waals surface area contributed by atoms with Crippen LogP contribution in [-0.4, -0.2) is 16.7 Å². The van der Waals surface area contributed by atoms with Gasteiger partial charge in [-0.05, 0) is 38.2 Å². The van der Waals surface area contributed by atoms with E-state index in [-0.39, 0.29) is 5.84 Å². The Labute approximate surface area is 107 Å². The lowest BCUT2D eigenvalue weighted by Crippen LogP contribution is -2.38. The van der Waals surface area contributed by atoms with Crippen molar-refractivity contribution in [3.63, 3.8) is 0 Å². The Morgan fingerprint density at radius 2 is 1.83 bits per heavy atom. The van der Waals surface area contributed by atoms with Crippen LogP contribution in [0.2, 0.25) is 0 Å². The Hall–Kier alpha value is -1.68. The molecule has 0 radical (unpaired) electrons. The summed E-state index contributed by atoms with van der Waals surface area (Å²) in [6.45, 7) is 1.63. The molecular formula is C14H19N3O. The van der Waals surface area contributed by atoms with E-state index in [1.54, 1.807) is 6.92 Å². The topological polar surface area (TPSA) is 71.0 Å². The quantitative estimate of drug-likeness (QED) is 0.487. The third-order valence-corrected chi connectivity index (χ3v) is 3.31. The number of nitrogens with two attached hydrogens (primary N) is 1. The summed E-state index contributed by atoms with van der Waals surface area (Å²) in [6.07, 6.45) is 4.32. The van der Waals surface area contributed by atoms with Gasteiger partial charge in [-0.25, -0.2) is 0 Å².